The largest absolute Gasteiger partial charge is 0.292 e. The van der Waals surface area contributed by atoms with Crippen molar-refractivity contribution in [3.63, 3.8) is 0 Å². The quantitative estimate of drug-likeness (QED) is 0.163. The molecule has 8 heteroatoms. The Morgan fingerprint density at radius 3 is 1.53 bits per heavy atom. The lowest BCUT2D eigenvalue weighted by Crippen LogP contribution is -2.07. The van der Waals surface area contributed by atoms with Crippen molar-refractivity contribution < 1.29 is 0 Å². The van der Waals surface area contributed by atoms with Crippen molar-refractivity contribution >= 4 is 60.2 Å². The van der Waals surface area contributed by atoms with Crippen LogP contribution in [0.1, 0.15) is 0 Å². The smallest absolute Gasteiger partial charge is 0.238 e. The molecule has 0 aliphatic heterocycles. The van der Waals surface area contributed by atoms with E-state index in [0.717, 1.165) is 93.8 Å². The van der Waals surface area contributed by atoms with Gasteiger partial charge in [0.2, 0.25) is 5.95 Å². The van der Waals surface area contributed by atoms with E-state index in [1.54, 1.807) is 0 Å². The molecule has 0 bridgehead atoms. The van der Waals surface area contributed by atoms with E-state index in [0.29, 0.717) is 17.6 Å². The summed E-state index contributed by atoms with van der Waals surface area (Å²) < 4.78 is 4.51. The van der Waals surface area contributed by atoms with Crippen molar-refractivity contribution in [1.82, 2.24) is 38.9 Å². The highest BCUT2D eigenvalue weighted by atomic mass is 15.2. The summed E-state index contributed by atoms with van der Waals surface area (Å²) in [6, 6.07) is 58.3. The summed E-state index contributed by atoms with van der Waals surface area (Å²) >= 11 is 0. The van der Waals surface area contributed by atoms with Gasteiger partial charge >= 0.3 is 0 Å². The number of imidazole rings is 1. The molecular weight excluding hydrogens is 713 g/mol. The summed E-state index contributed by atoms with van der Waals surface area (Å²) in [5.41, 5.74) is 11.6. The van der Waals surface area contributed by atoms with Crippen LogP contribution in [-0.2, 0) is 0 Å². The van der Waals surface area contributed by atoms with Gasteiger partial charge < -0.3 is 0 Å². The average molecular weight is 743 g/mol. The summed E-state index contributed by atoms with van der Waals surface area (Å²) in [6.45, 7) is 0. The molecule has 8 nitrogen and oxygen atoms in total. The van der Waals surface area contributed by atoms with Gasteiger partial charge in [0.1, 0.15) is 5.65 Å². The van der Waals surface area contributed by atoms with Gasteiger partial charge in [-0.25, -0.2) is 9.97 Å². The first-order valence-corrected chi connectivity index (χ1v) is 19.2. The van der Waals surface area contributed by atoms with Crippen LogP contribution in [0.2, 0.25) is 0 Å². The SMILES string of the molecule is c1ccc(-c2ccc(-c3nc(-c4ccc(-c5ccccn5)cc4)nc(-n4c5ccccc5c5ccc6c(c7ccccc7n7c8ccccc8nc67)c54)n3)cc2)nc1. The lowest BCUT2D eigenvalue weighted by molar-refractivity contribution is 0.955. The van der Waals surface area contributed by atoms with Gasteiger partial charge in [0.15, 0.2) is 11.6 Å². The van der Waals surface area contributed by atoms with E-state index in [9.17, 15) is 0 Å². The van der Waals surface area contributed by atoms with Crippen LogP contribution < -0.4 is 0 Å². The molecule has 270 valence electrons. The maximum atomic E-state index is 5.32. The third kappa shape index (κ3) is 4.95. The predicted octanol–water partition coefficient (Wildman–Crippen LogP) is 11.5. The van der Waals surface area contributed by atoms with Crippen LogP contribution in [0.3, 0.4) is 0 Å². The van der Waals surface area contributed by atoms with Gasteiger partial charge in [0, 0.05) is 61.6 Å². The summed E-state index contributed by atoms with van der Waals surface area (Å²) in [7, 11) is 0. The van der Waals surface area contributed by atoms with Crippen molar-refractivity contribution in [3.8, 4) is 51.2 Å². The topological polar surface area (TPSA) is 86.7 Å². The molecule has 6 aromatic heterocycles. The number of para-hydroxylation sites is 4. The van der Waals surface area contributed by atoms with Gasteiger partial charge in [-0.1, -0.05) is 115 Å². The second-order valence-electron chi connectivity index (χ2n) is 14.4. The molecule has 0 amide bonds. The number of hydrogen-bond donors (Lipinski definition) is 0. The maximum absolute atomic E-state index is 5.32. The Hall–Kier alpha value is -8.10. The molecule has 58 heavy (non-hydrogen) atoms. The Bertz CT molecular complexity index is 3440. The monoisotopic (exact) mass is 742 g/mol. The third-order valence-electron chi connectivity index (χ3n) is 11.1. The highest BCUT2D eigenvalue weighted by Crippen LogP contribution is 2.41. The minimum Gasteiger partial charge on any atom is -0.292 e. The minimum atomic E-state index is 0.527. The number of hydrogen-bond acceptors (Lipinski definition) is 6. The van der Waals surface area contributed by atoms with Gasteiger partial charge in [-0.15, -0.1) is 0 Å². The van der Waals surface area contributed by atoms with Crippen LogP contribution in [-0.4, -0.2) is 38.9 Å². The van der Waals surface area contributed by atoms with E-state index >= 15 is 0 Å². The predicted molar refractivity (Wildman–Crippen MR) is 233 cm³/mol. The Balaban J connectivity index is 1.16. The molecule has 12 rings (SSSR count). The summed E-state index contributed by atoms with van der Waals surface area (Å²) in [4.78, 5) is 30.1. The first-order valence-electron chi connectivity index (χ1n) is 19.2. The van der Waals surface area contributed by atoms with E-state index in [-0.39, 0.29) is 0 Å². The summed E-state index contributed by atoms with van der Waals surface area (Å²) in [5.74, 6) is 1.66. The molecule has 0 aliphatic carbocycles. The number of nitrogens with zero attached hydrogens (tertiary/aromatic N) is 8. The lowest BCUT2D eigenvalue weighted by atomic mass is 10.0. The fraction of sp³-hybridized carbons (Fsp3) is 0. The summed E-state index contributed by atoms with van der Waals surface area (Å²) in [6.07, 6.45) is 3.62. The van der Waals surface area contributed by atoms with Crippen LogP contribution in [0.25, 0.3) is 111 Å². The molecule has 0 unspecified atom stereocenters. The van der Waals surface area contributed by atoms with Gasteiger partial charge in [0.25, 0.3) is 0 Å². The Kier molecular flexibility index (Phi) is 7.06. The van der Waals surface area contributed by atoms with Gasteiger partial charge in [-0.2, -0.15) is 9.97 Å². The molecule has 0 aliphatic rings. The standard InChI is InChI=1S/C50H30N8/c1-4-16-42-35(11-1)36-27-28-38-45(37-12-2-5-17-43(37)57-44-18-6-3-15-41(44)53-49(38)57)46(36)58(42)50-55-47(33-23-19-31(20-24-33)39-13-7-9-29-51-39)54-48(56-50)34-25-21-32(22-26-34)40-14-8-10-30-52-40/h1-30H. The number of benzene rings is 6. The van der Waals surface area contributed by atoms with E-state index < -0.39 is 0 Å². The Morgan fingerprint density at radius 2 is 0.897 bits per heavy atom. The third-order valence-corrected chi connectivity index (χ3v) is 11.1. The average Bonchev–Trinajstić information content (AvgIpc) is 3.86. The fourth-order valence-corrected chi connectivity index (χ4v) is 8.42. The van der Waals surface area contributed by atoms with Gasteiger partial charge in [0.05, 0.1) is 39.0 Å². The van der Waals surface area contributed by atoms with Crippen molar-refractivity contribution in [2.45, 2.75) is 0 Å². The first-order chi connectivity index (χ1) is 28.8. The Morgan fingerprint density at radius 1 is 0.362 bits per heavy atom. The van der Waals surface area contributed by atoms with E-state index in [4.69, 9.17) is 19.9 Å². The van der Waals surface area contributed by atoms with E-state index in [2.05, 4.69) is 146 Å². The zero-order chi connectivity index (χ0) is 38.2. The normalized spacial score (nSPS) is 11.8. The highest BCUT2D eigenvalue weighted by Gasteiger charge is 2.23. The van der Waals surface area contributed by atoms with Crippen LogP contribution in [0, 0.1) is 0 Å². The number of rotatable bonds is 5. The minimum absolute atomic E-state index is 0.527. The summed E-state index contributed by atoms with van der Waals surface area (Å²) in [5, 5.41) is 5.48. The molecule has 12 aromatic rings. The number of fused-ring (bicyclic) bond motifs is 12. The van der Waals surface area contributed by atoms with Gasteiger partial charge in [-0.3, -0.25) is 18.9 Å². The number of pyridine rings is 3. The molecule has 0 spiro atoms. The molecule has 0 fully saturated rings. The van der Waals surface area contributed by atoms with Crippen molar-refractivity contribution in [3.05, 3.63) is 182 Å². The van der Waals surface area contributed by atoms with Crippen LogP contribution in [0.4, 0.5) is 0 Å². The second kappa shape index (κ2) is 12.7. The molecule has 0 N–H and O–H groups in total. The second-order valence-corrected chi connectivity index (χ2v) is 14.4. The maximum Gasteiger partial charge on any atom is 0.238 e. The lowest BCUT2D eigenvalue weighted by Gasteiger charge is -2.14. The van der Waals surface area contributed by atoms with Crippen molar-refractivity contribution in [1.29, 1.82) is 0 Å². The first kappa shape index (κ1) is 32.2. The van der Waals surface area contributed by atoms with Crippen LogP contribution in [0.15, 0.2) is 182 Å². The zero-order valence-corrected chi connectivity index (χ0v) is 30.9. The molecule has 6 aromatic carbocycles. The van der Waals surface area contributed by atoms with E-state index in [1.807, 2.05) is 54.9 Å². The van der Waals surface area contributed by atoms with Crippen molar-refractivity contribution in [2.75, 3.05) is 0 Å². The zero-order valence-electron chi connectivity index (χ0n) is 30.9. The molecule has 0 saturated carbocycles. The van der Waals surface area contributed by atoms with E-state index in [1.165, 1.54) is 0 Å². The fourth-order valence-electron chi connectivity index (χ4n) is 8.42. The highest BCUT2D eigenvalue weighted by molar-refractivity contribution is 6.27. The molecular formula is C50H30N8. The van der Waals surface area contributed by atoms with Gasteiger partial charge in [-0.05, 0) is 54.6 Å². The molecule has 0 radical (unpaired) electrons. The van der Waals surface area contributed by atoms with Crippen LogP contribution >= 0.6 is 0 Å². The molecule has 0 saturated heterocycles. The van der Waals surface area contributed by atoms with Crippen molar-refractivity contribution in [2.24, 2.45) is 0 Å². The van der Waals surface area contributed by atoms with Crippen LogP contribution in [0.5, 0.6) is 0 Å². The molecule has 0 atom stereocenters. The number of aromatic nitrogens is 8. The molecule has 6 heterocycles. The Labute approximate surface area is 331 Å².